The lowest BCUT2D eigenvalue weighted by molar-refractivity contribution is 0.0602. The van der Waals surface area contributed by atoms with Crippen LogP contribution in [0.2, 0.25) is 0 Å². The number of hydrogen-bond acceptors (Lipinski definition) is 2. The fraction of sp³-hybridized carbons (Fsp3) is 1.00. The van der Waals surface area contributed by atoms with Crippen molar-refractivity contribution in [1.29, 1.82) is 0 Å². The topological polar surface area (TPSA) is 23.5 Å². The Morgan fingerprint density at radius 1 is 1.00 bits per heavy atom. The zero-order valence-corrected chi connectivity index (χ0v) is 8.41. The van der Waals surface area contributed by atoms with Gasteiger partial charge in [-0.25, -0.2) is 0 Å². The summed E-state index contributed by atoms with van der Waals surface area (Å²) in [5.41, 5.74) is 0. The van der Waals surface area contributed by atoms with E-state index in [9.17, 15) is 5.11 Å². The highest BCUT2D eigenvalue weighted by Gasteiger charge is 2.29. The molecule has 2 nitrogen and oxygen atoms in total. The lowest BCUT2D eigenvalue weighted by Crippen LogP contribution is -2.46. The summed E-state index contributed by atoms with van der Waals surface area (Å²) in [4.78, 5) is 2.58. The third-order valence-electron chi connectivity index (χ3n) is 3.68. The van der Waals surface area contributed by atoms with Gasteiger partial charge in [0.25, 0.3) is 0 Å². The highest BCUT2D eigenvalue weighted by molar-refractivity contribution is 4.85. The summed E-state index contributed by atoms with van der Waals surface area (Å²) in [6, 6.07) is 1.28. The van der Waals surface area contributed by atoms with E-state index in [0.29, 0.717) is 12.6 Å². The van der Waals surface area contributed by atoms with Gasteiger partial charge in [-0.3, -0.25) is 4.90 Å². The van der Waals surface area contributed by atoms with E-state index >= 15 is 0 Å². The molecule has 2 aliphatic heterocycles. The number of piperidine rings is 1. The van der Waals surface area contributed by atoms with E-state index in [2.05, 4.69) is 4.90 Å². The third kappa shape index (κ3) is 2.05. The lowest BCUT2D eigenvalue weighted by Gasteiger charge is -2.39. The molecule has 2 heteroatoms. The molecule has 0 aliphatic carbocycles. The minimum atomic E-state index is 0.372. The van der Waals surface area contributed by atoms with Crippen LogP contribution in [0.15, 0.2) is 0 Å². The molecule has 2 rings (SSSR count). The zero-order chi connectivity index (χ0) is 9.10. The Balaban J connectivity index is 2.02. The van der Waals surface area contributed by atoms with Crippen molar-refractivity contribution in [2.45, 2.75) is 57.0 Å². The van der Waals surface area contributed by atoms with Gasteiger partial charge in [0.05, 0.1) is 6.61 Å². The fourth-order valence-corrected chi connectivity index (χ4v) is 2.94. The largest absolute Gasteiger partial charge is 0.395 e. The monoisotopic (exact) mass is 183 g/mol. The molecule has 0 bridgehead atoms. The van der Waals surface area contributed by atoms with Crippen LogP contribution < -0.4 is 0 Å². The van der Waals surface area contributed by atoms with Crippen molar-refractivity contribution in [2.75, 3.05) is 13.2 Å². The van der Waals surface area contributed by atoms with Gasteiger partial charge in [-0.15, -0.1) is 0 Å². The molecule has 2 unspecified atom stereocenters. The summed E-state index contributed by atoms with van der Waals surface area (Å²) < 4.78 is 0. The predicted molar refractivity (Wildman–Crippen MR) is 53.7 cm³/mol. The third-order valence-corrected chi connectivity index (χ3v) is 3.68. The normalized spacial score (nSPS) is 36.7. The maximum atomic E-state index is 9.31. The molecule has 0 spiro atoms. The van der Waals surface area contributed by atoms with Crippen LogP contribution in [0.4, 0.5) is 0 Å². The highest BCUT2D eigenvalue weighted by atomic mass is 16.3. The first-order chi connectivity index (χ1) is 6.42. The Labute approximate surface area is 80.9 Å². The average Bonchev–Trinajstić information content (AvgIpc) is 2.39. The molecule has 0 aromatic carbocycles. The molecule has 0 aromatic rings. The van der Waals surface area contributed by atoms with E-state index in [1.54, 1.807) is 0 Å². The smallest absolute Gasteiger partial charge is 0.0586 e. The molecular formula is C11H21NO. The molecule has 0 aromatic heterocycles. The van der Waals surface area contributed by atoms with Crippen molar-refractivity contribution >= 4 is 0 Å². The SMILES string of the molecule is OCC1CCCCC2CCCCN12. The quantitative estimate of drug-likeness (QED) is 0.670. The van der Waals surface area contributed by atoms with Crippen LogP contribution in [0.1, 0.15) is 44.9 Å². The van der Waals surface area contributed by atoms with Gasteiger partial charge in [0.15, 0.2) is 0 Å². The molecule has 76 valence electrons. The van der Waals surface area contributed by atoms with Gasteiger partial charge >= 0.3 is 0 Å². The summed E-state index contributed by atoms with van der Waals surface area (Å²) in [7, 11) is 0. The molecule has 2 heterocycles. The minimum Gasteiger partial charge on any atom is -0.395 e. The van der Waals surface area contributed by atoms with Crippen LogP contribution in [0, 0.1) is 0 Å². The molecular weight excluding hydrogens is 162 g/mol. The van der Waals surface area contributed by atoms with E-state index in [4.69, 9.17) is 0 Å². The van der Waals surface area contributed by atoms with Gasteiger partial charge in [0, 0.05) is 12.1 Å². The Bertz CT molecular complexity index is 152. The Morgan fingerprint density at radius 2 is 1.69 bits per heavy atom. The van der Waals surface area contributed by atoms with E-state index < -0.39 is 0 Å². The van der Waals surface area contributed by atoms with Crippen LogP contribution in [0.5, 0.6) is 0 Å². The summed E-state index contributed by atoms with van der Waals surface area (Å²) in [5.74, 6) is 0. The first-order valence-corrected chi connectivity index (χ1v) is 5.78. The molecule has 0 saturated carbocycles. The number of hydrogen-bond donors (Lipinski definition) is 1. The van der Waals surface area contributed by atoms with Gasteiger partial charge in [0.1, 0.15) is 0 Å². The maximum Gasteiger partial charge on any atom is 0.0586 e. The zero-order valence-electron chi connectivity index (χ0n) is 8.41. The van der Waals surface area contributed by atoms with Gasteiger partial charge in [0.2, 0.25) is 0 Å². The van der Waals surface area contributed by atoms with Gasteiger partial charge < -0.3 is 5.11 Å². The van der Waals surface area contributed by atoms with Crippen LogP contribution in [-0.4, -0.2) is 35.2 Å². The van der Waals surface area contributed by atoms with Gasteiger partial charge in [-0.05, 0) is 32.2 Å². The predicted octanol–water partition coefficient (Wildman–Crippen LogP) is 1.78. The summed E-state index contributed by atoms with van der Waals surface area (Å²) in [5, 5.41) is 9.31. The van der Waals surface area contributed by atoms with Gasteiger partial charge in [-0.2, -0.15) is 0 Å². The highest BCUT2D eigenvalue weighted by Crippen LogP contribution is 2.28. The van der Waals surface area contributed by atoms with Crippen molar-refractivity contribution < 1.29 is 5.11 Å². The Hall–Kier alpha value is -0.0800. The number of nitrogens with zero attached hydrogens (tertiary/aromatic N) is 1. The second kappa shape index (κ2) is 4.43. The fourth-order valence-electron chi connectivity index (χ4n) is 2.94. The van der Waals surface area contributed by atoms with E-state index in [0.717, 1.165) is 6.04 Å². The number of aliphatic hydroxyl groups excluding tert-OH is 1. The van der Waals surface area contributed by atoms with E-state index in [1.165, 1.54) is 51.5 Å². The molecule has 2 saturated heterocycles. The summed E-state index contributed by atoms with van der Waals surface area (Å²) in [6.07, 6.45) is 9.39. The van der Waals surface area contributed by atoms with Crippen molar-refractivity contribution in [2.24, 2.45) is 0 Å². The molecule has 13 heavy (non-hydrogen) atoms. The number of aliphatic hydroxyl groups is 1. The van der Waals surface area contributed by atoms with Crippen molar-refractivity contribution in [3.05, 3.63) is 0 Å². The van der Waals surface area contributed by atoms with Crippen LogP contribution in [0.25, 0.3) is 0 Å². The van der Waals surface area contributed by atoms with E-state index in [-0.39, 0.29) is 0 Å². The van der Waals surface area contributed by atoms with Crippen molar-refractivity contribution in [1.82, 2.24) is 4.90 Å². The molecule has 0 amide bonds. The summed E-state index contributed by atoms with van der Waals surface area (Å²) in [6.45, 7) is 1.60. The Morgan fingerprint density at radius 3 is 2.46 bits per heavy atom. The number of fused-ring (bicyclic) bond motifs is 1. The van der Waals surface area contributed by atoms with E-state index in [1.807, 2.05) is 0 Å². The van der Waals surface area contributed by atoms with Crippen LogP contribution >= 0.6 is 0 Å². The molecule has 1 N–H and O–H groups in total. The Kier molecular flexibility index (Phi) is 3.23. The van der Waals surface area contributed by atoms with Gasteiger partial charge in [-0.1, -0.05) is 19.3 Å². The second-order valence-corrected chi connectivity index (χ2v) is 4.51. The van der Waals surface area contributed by atoms with Crippen LogP contribution in [0.3, 0.4) is 0 Å². The lowest BCUT2D eigenvalue weighted by atomic mass is 9.98. The minimum absolute atomic E-state index is 0.372. The number of rotatable bonds is 1. The maximum absolute atomic E-state index is 9.31. The standard InChI is InChI=1S/C11H21NO/c13-9-11-7-2-1-5-10-6-3-4-8-12(10)11/h10-11,13H,1-9H2. The molecule has 2 aliphatic rings. The van der Waals surface area contributed by atoms with Crippen molar-refractivity contribution in [3.63, 3.8) is 0 Å². The molecule has 2 fully saturated rings. The average molecular weight is 183 g/mol. The molecule has 2 atom stereocenters. The first-order valence-electron chi connectivity index (χ1n) is 5.78. The van der Waals surface area contributed by atoms with Crippen molar-refractivity contribution in [3.8, 4) is 0 Å². The molecule has 0 radical (unpaired) electrons. The second-order valence-electron chi connectivity index (χ2n) is 4.51. The first kappa shape index (κ1) is 9.47. The van der Waals surface area contributed by atoms with Crippen LogP contribution in [-0.2, 0) is 0 Å². The summed E-state index contributed by atoms with van der Waals surface area (Å²) >= 11 is 0.